The van der Waals surface area contributed by atoms with E-state index in [1.54, 1.807) is 31.2 Å². The lowest BCUT2D eigenvalue weighted by atomic mass is 10.0. The summed E-state index contributed by atoms with van der Waals surface area (Å²) >= 11 is 0. The number of hydrogen-bond donors (Lipinski definition) is 1. The van der Waals surface area contributed by atoms with E-state index in [-0.39, 0.29) is 11.3 Å². The number of aryl methyl sites for hydroxylation is 1. The van der Waals surface area contributed by atoms with E-state index in [2.05, 4.69) is 4.98 Å². The van der Waals surface area contributed by atoms with Crippen LogP contribution in [-0.4, -0.2) is 10.8 Å². The van der Waals surface area contributed by atoms with Gasteiger partial charge in [0.05, 0.1) is 5.52 Å². The molecule has 0 radical (unpaired) electrons. The fourth-order valence-electron chi connectivity index (χ4n) is 1.99. The highest BCUT2D eigenvalue weighted by Crippen LogP contribution is 2.17. The van der Waals surface area contributed by atoms with Gasteiger partial charge in [0.25, 0.3) is 0 Å². The average Bonchev–Trinajstić information content (AvgIpc) is 2.80. The van der Waals surface area contributed by atoms with Gasteiger partial charge in [0, 0.05) is 11.1 Å². The Hall–Kier alpha value is -2.69. The van der Waals surface area contributed by atoms with Crippen LogP contribution in [0.1, 0.15) is 21.5 Å². The lowest BCUT2D eigenvalue weighted by Gasteiger charge is -2.03. The van der Waals surface area contributed by atoms with Gasteiger partial charge >= 0.3 is 5.76 Å². The van der Waals surface area contributed by atoms with Crippen LogP contribution in [0.3, 0.4) is 0 Å². The van der Waals surface area contributed by atoms with Crippen molar-refractivity contribution >= 4 is 16.9 Å². The fourth-order valence-corrected chi connectivity index (χ4v) is 1.99. The molecule has 1 aromatic heterocycles. The number of fused-ring (bicyclic) bond motifs is 1. The number of ketones is 1. The quantitative estimate of drug-likeness (QED) is 0.729. The van der Waals surface area contributed by atoms with Gasteiger partial charge in [-0.15, -0.1) is 0 Å². The summed E-state index contributed by atoms with van der Waals surface area (Å²) in [5.41, 5.74) is 1.89. The third-order valence-corrected chi connectivity index (χ3v) is 3.12. The fraction of sp³-hybridized carbons (Fsp3) is 0.0667. The molecule has 0 bridgehead atoms. The lowest BCUT2D eigenvalue weighted by molar-refractivity contribution is 0.103. The van der Waals surface area contributed by atoms with Gasteiger partial charge in [0.15, 0.2) is 11.4 Å². The molecule has 3 rings (SSSR count). The molecule has 0 aliphatic carbocycles. The Morgan fingerprint density at radius 1 is 1.15 bits per heavy atom. The van der Waals surface area contributed by atoms with E-state index in [0.29, 0.717) is 22.2 Å². The predicted octanol–water partition coefficient (Wildman–Crippen LogP) is 2.80. The summed E-state index contributed by atoms with van der Waals surface area (Å²) < 4.78 is 18.4. The van der Waals surface area contributed by atoms with Crippen LogP contribution in [0.2, 0.25) is 0 Å². The molecular formula is C15H10FNO3. The van der Waals surface area contributed by atoms with Gasteiger partial charge in [-0.3, -0.25) is 9.78 Å². The molecule has 0 saturated heterocycles. The van der Waals surface area contributed by atoms with Crippen molar-refractivity contribution in [3.63, 3.8) is 0 Å². The van der Waals surface area contributed by atoms with E-state index in [1.807, 2.05) is 0 Å². The van der Waals surface area contributed by atoms with Gasteiger partial charge in [-0.1, -0.05) is 12.1 Å². The van der Waals surface area contributed by atoms with Gasteiger partial charge in [0.1, 0.15) is 5.82 Å². The maximum Gasteiger partial charge on any atom is 0.417 e. The average molecular weight is 271 g/mol. The molecule has 0 spiro atoms. The molecule has 0 aliphatic heterocycles. The zero-order valence-electron chi connectivity index (χ0n) is 10.6. The summed E-state index contributed by atoms with van der Waals surface area (Å²) in [4.78, 5) is 25.8. The van der Waals surface area contributed by atoms with Crippen LogP contribution in [-0.2, 0) is 0 Å². The molecule has 3 aromatic rings. The molecule has 2 aromatic carbocycles. The number of nitrogens with one attached hydrogen (secondary N) is 1. The molecule has 0 saturated carbocycles. The highest BCUT2D eigenvalue weighted by atomic mass is 19.1. The second kappa shape index (κ2) is 4.45. The molecule has 0 aliphatic rings. The van der Waals surface area contributed by atoms with Crippen LogP contribution in [0.15, 0.2) is 45.6 Å². The zero-order valence-corrected chi connectivity index (χ0v) is 10.6. The molecule has 0 amide bonds. The number of carbonyl (C=O) groups excluding carboxylic acids is 1. The van der Waals surface area contributed by atoms with E-state index >= 15 is 0 Å². The first-order valence-electron chi connectivity index (χ1n) is 5.98. The lowest BCUT2D eigenvalue weighted by Crippen LogP contribution is -2.02. The van der Waals surface area contributed by atoms with Crippen LogP contribution >= 0.6 is 0 Å². The van der Waals surface area contributed by atoms with E-state index < -0.39 is 11.6 Å². The number of carbonyl (C=O) groups is 1. The maximum absolute atomic E-state index is 13.5. The van der Waals surface area contributed by atoms with Crippen molar-refractivity contribution in [2.45, 2.75) is 6.92 Å². The van der Waals surface area contributed by atoms with Gasteiger partial charge in [0.2, 0.25) is 0 Å². The first-order valence-corrected chi connectivity index (χ1v) is 5.98. The smallest absolute Gasteiger partial charge is 0.408 e. The molecule has 5 heteroatoms. The Kier molecular flexibility index (Phi) is 2.75. The number of oxazole rings is 1. The molecule has 0 fully saturated rings. The van der Waals surface area contributed by atoms with Gasteiger partial charge in [-0.05, 0) is 36.8 Å². The minimum atomic E-state index is -0.578. The second-order valence-electron chi connectivity index (χ2n) is 4.52. The van der Waals surface area contributed by atoms with E-state index in [1.165, 1.54) is 12.1 Å². The number of H-pyrrole nitrogens is 1. The molecular weight excluding hydrogens is 261 g/mol. The van der Waals surface area contributed by atoms with Crippen LogP contribution < -0.4 is 5.76 Å². The van der Waals surface area contributed by atoms with Gasteiger partial charge in [-0.2, -0.15) is 0 Å². The molecule has 4 nitrogen and oxygen atoms in total. The first kappa shape index (κ1) is 12.3. The summed E-state index contributed by atoms with van der Waals surface area (Å²) in [6, 6.07) is 8.93. The maximum atomic E-state index is 13.5. The Labute approximate surface area is 112 Å². The third kappa shape index (κ3) is 2.03. The molecule has 20 heavy (non-hydrogen) atoms. The molecule has 1 heterocycles. The Morgan fingerprint density at radius 3 is 2.60 bits per heavy atom. The molecule has 1 N–H and O–H groups in total. The zero-order chi connectivity index (χ0) is 14.3. The Balaban J connectivity index is 2.07. The summed E-state index contributed by atoms with van der Waals surface area (Å²) in [5, 5.41) is 0. The highest BCUT2D eigenvalue weighted by Gasteiger charge is 2.12. The SMILES string of the molecule is Cc1ccc(C(=O)c2ccc3[nH]c(=O)oc3c2)cc1F. The third-order valence-electron chi connectivity index (χ3n) is 3.12. The van der Waals surface area contributed by atoms with Crippen LogP contribution in [0.4, 0.5) is 4.39 Å². The Morgan fingerprint density at radius 2 is 1.85 bits per heavy atom. The number of halogens is 1. The van der Waals surface area contributed by atoms with Gasteiger partial charge in [-0.25, -0.2) is 9.18 Å². The molecule has 0 atom stereocenters. The summed E-state index contributed by atoms with van der Waals surface area (Å²) in [7, 11) is 0. The highest BCUT2D eigenvalue weighted by molar-refractivity contribution is 6.10. The predicted molar refractivity (Wildman–Crippen MR) is 71.4 cm³/mol. The van der Waals surface area contributed by atoms with Crippen LogP contribution in [0.25, 0.3) is 11.1 Å². The number of hydrogen-bond acceptors (Lipinski definition) is 3. The van der Waals surface area contributed by atoms with Crippen molar-refractivity contribution in [3.05, 3.63) is 69.5 Å². The van der Waals surface area contributed by atoms with E-state index in [9.17, 15) is 14.0 Å². The topological polar surface area (TPSA) is 63.1 Å². The number of benzene rings is 2. The van der Waals surface area contributed by atoms with Crippen molar-refractivity contribution in [2.24, 2.45) is 0 Å². The van der Waals surface area contributed by atoms with E-state index in [4.69, 9.17) is 4.42 Å². The standard InChI is InChI=1S/C15H10FNO3/c1-8-2-3-9(6-11(8)16)14(18)10-4-5-12-13(7-10)20-15(19)17-12/h2-7H,1H3,(H,17,19). The monoisotopic (exact) mass is 271 g/mol. The number of aromatic amines is 1. The minimum absolute atomic E-state index is 0.255. The second-order valence-corrected chi connectivity index (χ2v) is 4.52. The Bertz CT molecular complexity index is 876. The van der Waals surface area contributed by atoms with Crippen LogP contribution in [0, 0.1) is 12.7 Å². The number of rotatable bonds is 2. The molecule has 0 unspecified atom stereocenters. The summed E-state index contributed by atoms with van der Waals surface area (Å²) in [6.45, 7) is 1.63. The van der Waals surface area contributed by atoms with Crippen molar-refractivity contribution in [2.75, 3.05) is 0 Å². The van der Waals surface area contributed by atoms with Crippen LogP contribution in [0.5, 0.6) is 0 Å². The van der Waals surface area contributed by atoms with E-state index in [0.717, 1.165) is 0 Å². The van der Waals surface area contributed by atoms with Crippen molar-refractivity contribution in [3.8, 4) is 0 Å². The van der Waals surface area contributed by atoms with Gasteiger partial charge < -0.3 is 4.42 Å². The van der Waals surface area contributed by atoms with Crippen molar-refractivity contribution in [1.82, 2.24) is 4.98 Å². The largest absolute Gasteiger partial charge is 0.417 e. The van der Waals surface area contributed by atoms with Crippen molar-refractivity contribution < 1.29 is 13.6 Å². The summed E-state index contributed by atoms with van der Waals surface area (Å²) in [5.74, 6) is -1.33. The summed E-state index contributed by atoms with van der Waals surface area (Å²) in [6.07, 6.45) is 0. The minimum Gasteiger partial charge on any atom is -0.408 e. The molecule has 100 valence electrons. The normalized spacial score (nSPS) is 10.9. The first-order chi connectivity index (χ1) is 9.54. The number of aromatic nitrogens is 1. The van der Waals surface area contributed by atoms with Crippen molar-refractivity contribution in [1.29, 1.82) is 0 Å².